The molecule has 0 heterocycles. The topological polar surface area (TPSA) is 86.8 Å². The van der Waals surface area contributed by atoms with Gasteiger partial charge in [-0.1, -0.05) is 29.8 Å². The number of hydrogen-bond acceptors (Lipinski definition) is 4. The SMILES string of the molecule is Cc1cccc(CN(C(=O)CCCN(c2ccc(F)cc2)S(C)(=O)=O)[C@@H](C)C(=O)NC(C)(C)C)c1. The lowest BCUT2D eigenvalue weighted by Crippen LogP contribution is -2.52. The average Bonchev–Trinajstić information content (AvgIpc) is 2.73. The summed E-state index contributed by atoms with van der Waals surface area (Å²) >= 11 is 0. The number of aryl methyl sites for hydroxylation is 1. The van der Waals surface area contributed by atoms with Gasteiger partial charge in [0.2, 0.25) is 21.8 Å². The van der Waals surface area contributed by atoms with Crippen molar-refractivity contribution in [2.45, 2.75) is 65.6 Å². The van der Waals surface area contributed by atoms with Gasteiger partial charge in [0.05, 0.1) is 11.9 Å². The Morgan fingerprint density at radius 1 is 1.09 bits per heavy atom. The number of sulfonamides is 1. The molecule has 2 amide bonds. The van der Waals surface area contributed by atoms with Crippen molar-refractivity contribution >= 4 is 27.5 Å². The number of hydrogen-bond donors (Lipinski definition) is 1. The summed E-state index contributed by atoms with van der Waals surface area (Å²) in [5, 5.41) is 2.92. The smallest absolute Gasteiger partial charge is 0.242 e. The summed E-state index contributed by atoms with van der Waals surface area (Å²) < 4.78 is 39.1. The Hall–Kier alpha value is -2.94. The van der Waals surface area contributed by atoms with Crippen LogP contribution in [0.5, 0.6) is 0 Å². The summed E-state index contributed by atoms with van der Waals surface area (Å²) in [6, 6.07) is 12.2. The molecule has 0 fully saturated rings. The third kappa shape index (κ3) is 8.98. The monoisotopic (exact) mass is 505 g/mol. The molecule has 0 aromatic heterocycles. The second-order valence-corrected chi connectivity index (χ2v) is 11.7. The van der Waals surface area contributed by atoms with Gasteiger partial charge in [-0.15, -0.1) is 0 Å². The molecule has 0 spiro atoms. The predicted molar refractivity (Wildman–Crippen MR) is 137 cm³/mol. The van der Waals surface area contributed by atoms with Gasteiger partial charge in [-0.05, 0) is 70.9 Å². The van der Waals surface area contributed by atoms with E-state index in [-0.39, 0.29) is 37.7 Å². The minimum absolute atomic E-state index is 0.0478. The highest BCUT2D eigenvalue weighted by atomic mass is 32.2. The summed E-state index contributed by atoms with van der Waals surface area (Å²) in [5.74, 6) is -0.982. The van der Waals surface area contributed by atoms with Crippen molar-refractivity contribution in [2.75, 3.05) is 17.1 Å². The first-order valence-corrected chi connectivity index (χ1v) is 13.4. The van der Waals surface area contributed by atoms with Crippen LogP contribution in [-0.4, -0.2) is 49.5 Å². The molecule has 7 nitrogen and oxygen atoms in total. The molecule has 9 heteroatoms. The molecular weight excluding hydrogens is 469 g/mol. The van der Waals surface area contributed by atoms with Crippen LogP contribution in [0.3, 0.4) is 0 Å². The maximum atomic E-state index is 13.3. The van der Waals surface area contributed by atoms with Gasteiger partial charge in [-0.25, -0.2) is 12.8 Å². The second-order valence-electron chi connectivity index (χ2n) is 9.84. The van der Waals surface area contributed by atoms with E-state index in [1.54, 1.807) is 6.92 Å². The lowest BCUT2D eigenvalue weighted by atomic mass is 10.1. The van der Waals surface area contributed by atoms with Crippen LogP contribution < -0.4 is 9.62 Å². The van der Waals surface area contributed by atoms with Crippen LogP contribution in [0.1, 0.15) is 51.7 Å². The first-order valence-electron chi connectivity index (χ1n) is 11.6. The van der Waals surface area contributed by atoms with Crippen LogP contribution in [-0.2, 0) is 26.2 Å². The Kier molecular flexibility index (Phi) is 9.43. The van der Waals surface area contributed by atoms with Gasteiger partial charge in [-0.3, -0.25) is 13.9 Å². The first-order chi connectivity index (χ1) is 16.2. The number of benzene rings is 2. The van der Waals surface area contributed by atoms with E-state index in [1.807, 2.05) is 52.0 Å². The molecule has 2 rings (SSSR count). The van der Waals surface area contributed by atoms with E-state index < -0.39 is 27.4 Å². The van der Waals surface area contributed by atoms with Crippen molar-refractivity contribution in [3.63, 3.8) is 0 Å². The molecule has 1 atom stereocenters. The van der Waals surface area contributed by atoms with E-state index in [1.165, 1.54) is 29.2 Å². The molecular formula is C26H36FN3O4S. The third-order valence-electron chi connectivity index (χ3n) is 5.37. The molecule has 0 aliphatic rings. The van der Waals surface area contributed by atoms with Crippen LogP contribution >= 0.6 is 0 Å². The van der Waals surface area contributed by atoms with Gasteiger partial charge in [0.25, 0.3) is 0 Å². The second kappa shape index (κ2) is 11.7. The zero-order valence-electron chi connectivity index (χ0n) is 21.3. The molecule has 0 aliphatic heterocycles. The molecule has 0 unspecified atom stereocenters. The Balaban J connectivity index is 2.18. The summed E-state index contributed by atoms with van der Waals surface area (Å²) in [6.07, 6.45) is 1.36. The van der Waals surface area contributed by atoms with Gasteiger partial charge in [-0.2, -0.15) is 0 Å². The van der Waals surface area contributed by atoms with E-state index in [2.05, 4.69) is 5.32 Å². The molecule has 2 aromatic rings. The summed E-state index contributed by atoms with van der Waals surface area (Å²) in [6.45, 7) is 9.58. The lowest BCUT2D eigenvalue weighted by Gasteiger charge is -2.32. The van der Waals surface area contributed by atoms with Gasteiger partial charge < -0.3 is 10.2 Å². The summed E-state index contributed by atoms with van der Waals surface area (Å²) in [7, 11) is -3.63. The Morgan fingerprint density at radius 2 is 1.71 bits per heavy atom. The standard InChI is InChI=1S/C26H36FN3O4S/c1-19-9-7-10-21(17-19)18-29(20(2)25(32)28-26(3,4)5)24(31)11-8-16-30(35(6,33)34)23-14-12-22(27)13-15-23/h7,9-10,12-15,17,20H,8,11,16,18H2,1-6H3,(H,28,32)/t20-/m0/s1. The number of anilines is 1. The molecule has 0 saturated heterocycles. The molecule has 192 valence electrons. The maximum Gasteiger partial charge on any atom is 0.242 e. The summed E-state index contributed by atoms with van der Waals surface area (Å²) in [5.41, 5.74) is 1.83. The number of carbonyl (C=O) groups is 2. The zero-order chi connectivity index (χ0) is 26.4. The highest BCUT2D eigenvalue weighted by Gasteiger charge is 2.28. The molecule has 0 radical (unpaired) electrons. The van der Waals surface area contributed by atoms with E-state index in [9.17, 15) is 22.4 Å². The fourth-order valence-corrected chi connectivity index (χ4v) is 4.64. The number of amides is 2. The molecule has 0 bridgehead atoms. The van der Waals surface area contributed by atoms with E-state index in [0.717, 1.165) is 21.7 Å². The summed E-state index contributed by atoms with van der Waals surface area (Å²) in [4.78, 5) is 27.7. The highest BCUT2D eigenvalue weighted by Crippen LogP contribution is 2.20. The van der Waals surface area contributed by atoms with Crippen molar-refractivity contribution in [2.24, 2.45) is 0 Å². The van der Waals surface area contributed by atoms with Gasteiger partial charge in [0.1, 0.15) is 11.9 Å². The van der Waals surface area contributed by atoms with Crippen molar-refractivity contribution in [3.05, 3.63) is 65.5 Å². The third-order valence-corrected chi connectivity index (χ3v) is 6.56. The first kappa shape index (κ1) is 28.3. The van der Waals surface area contributed by atoms with Crippen LogP contribution in [0.15, 0.2) is 48.5 Å². The molecule has 0 aliphatic carbocycles. The van der Waals surface area contributed by atoms with Crippen LogP contribution in [0.25, 0.3) is 0 Å². The van der Waals surface area contributed by atoms with Crippen molar-refractivity contribution in [3.8, 4) is 0 Å². The minimum Gasteiger partial charge on any atom is -0.350 e. The van der Waals surface area contributed by atoms with Crippen molar-refractivity contribution in [1.29, 1.82) is 0 Å². The Bertz CT molecular complexity index is 1130. The lowest BCUT2D eigenvalue weighted by molar-refractivity contribution is -0.141. The van der Waals surface area contributed by atoms with Gasteiger partial charge in [0.15, 0.2) is 0 Å². The van der Waals surface area contributed by atoms with E-state index in [4.69, 9.17) is 0 Å². The van der Waals surface area contributed by atoms with Crippen molar-refractivity contribution < 1.29 is 22.4 Å². The fourth-order valence-electron chi connectivity index (χ4n) is 3.68. The highest BCUT2D eigenvalue weighted by molar-refractivity contribution is 7.92. The maximum absolute atomic E-state index is 13.3. The normalized spacial score (nSPS) is 12.7. The number of rotatable bonds is 10. The molecule has 35 heavy (non-hydrogen) atoms. The number of carbonyl (C=O) groups excluding carboxylic acids is 2. The van der Waals surface area contributed by atoms with Crippen LogP contribution in [0, 0.1) is 12.7 Å². The quantitative estimate of drug-likeness (QED) is 0.529. The minimum atomic E-state index is -3.63. The Labute approximate surface area is 208 Å². The van der Waals surface area contributed by atoms with Gasteiger partial charge >= 0.3 is 0 Å². The molecule has 0 saturated carbocycles. The van der Waals surface area contributed by atoms with E-state index in [0.29, 0.717) is 5.69 Å². The number of halogens is 1. The van der Waals surface area contributed by atoms with E-state index >= 15 is 0 Å². The number of nitrogens with one attached hydrogen (secondary N) is 1. The fraction of sp³-hybridized carbons (Fsp3) is 0.462. The van der Waals surface area contributed by atoms with Crippen LogP contribution in [0.4, 0.5) is 10.1 Å². The van der Waals surface area contributed by atoms with Crippen LogP contribution in [0.2, 0.25) is 0 Å². The van der Waals surface area contributed by atoms with Gasteiger partial charge in [0, 0.05) is 25.0 Å². The Morgan fingerprint density at radius 3 is 2.26 bits per heavy atom. The average molecular weight is 506 g/mol. The predicted octanol–water partition coefficient (Wildman–Crippen LogP) is 4.01. The van der Waals surface area contributed by atoms with Crippen molar-refractivity contribution in [1.82, 2.24) is 10.2 Å². The largest absolute Gasteiger partial charge is 0.350 e. The molecule has 2 aromatic carbocycles. The molecule has 1 N–H and O–H groups in total. The number of nitrogens with zero attached hydrogens (tertiary/aromatic N) is 2. The zero-order valence-corrected chi connectivity index (χ0v) is 22.2.